The van der Waals surface area contributed by atoms with Crippen molar-refractivity contribution < 1.29 is 19.2 Å². The van der Waals surface area contributed by atoms with Gasteiger partial charge < -0.3 is 14.8 Å². The van der Waals surface area contributed by atoms with Gasteiger partial charge in [-0.3, -0.25) is 14.9 Å². The standard InChI is InChI=1S/C13H17ClN2O5/c1-3-20-13(17)10(15-2)7-8-21-12-9(14)5-4-6-11(12)16(18)19/h4-6,10,15H,3,7-8H2,1-2H3. The summed E-state index contributed by atoms with van der Waals surface area (Å²) in [5, 5.41) is 13.9. The monoisotopic (exact) mass is 316 g/mol. The van der Waals surface area contributed by atoms with Gasteiger partial charge >= 0.3 is 11.7 Å². The Morgan fingerprint density at radius 3 is 2.81 bits per heavy atom. The summed E-state index contributed by atoms with van der Waals surface area (Å²) in [5.41, 5.74) is -0.209. The number of esters is 1. The van der Waals surface area contributed by atoms with Gasteiger partial charge in [-0.2, -0.15) is 0 Å². The van der Waals surface area contributed by atoms with E-state index in [-0.39, 0.29) is 29.7 Å². The first-order valence-electron chi connectivity index (χ1n) is 6.40. The van der Waals surface area contributed by atoms with Crippen LogP contribution in [0.2, 0.25) is 5.02 Å². The molecule has 1 rings (SSSR count). The topological polar surface area (TPSA) is 90.7 Å². The highest BCUT2D eigenvalue weighted by Gasteiger charge is 2.21. The van der Waals surface area contributed by atoms with Crippen LogP contribution in [-0.4, -0.2) is 37.2 Å². The number of carbonyl (C=O) groups is 1. The van der Waals surface area contributed by atoms with Crippen LogP contribution in [0.4, 0.5) is 5.69 Å². The number of benzene rings is 1. The Labute approximate surface area is 127 Å². The van der Waals surface area contributed by atoms with Crippen LogP contribution in [0.25, 0.3) is 0 Å². The van der Waals surface area contributed by atoms with Crippen molar-refractivity contribution in [1.29, 1.82) is 0 Å². The second kappa shape index (κ2) is 8.43. The number of nitro benzene ring substituents is 1. The molecule has 1 unspecified atom stereocenters. The van der Waals surface area contributed by atoms with Crippen LogP contribution in [0.15, 0.2) is 18.2 Å². The van der Waals surface area contributed by atoms with Gasteiger partial charge in [0.1, 0.15) is 6.04 Å². The van der Waals surface area contributed by atoms with Gasteiger partial charge in [-0.05, 0) is 20.0 Å². The summed E-state index contributed by atoms with van der Waals surface area (Å²) in [5.74, 6) is -0.389. The fourth-order valence-electron chi connectivity index (χ4n) is 1.69. The molecule has 8 heteroatoms. The zero-order chi connectivity index (χ0) is 15.8. The van der Waals surface area contributed by atoms with E-state index < -0.39 is 16.9 Å². The Hall–Kier alpha value is -1.86. The highest BCUT2D eigenvalue weighted by atomic mass is 35.5. The van der Waals surface area contributed by atoms with E-state index in [0.29, 0.717) is 6.42 Å². The molecule has 0 amide bonds. The van der Waals surface area contributed by atoms with Gasteiger partial charge in [0.15, 0.2) is 0 Å². The summed E-state index contributed by atoms with van der Waals surface area (Å²) in [7, 11) is 1.62. The third kappa shape index (κ3) is 4.87. The van der Waals surface area contributed by atoms with Crippen molar-refractivity contribution in [3.8, 4) is 5.75 Å². The highest BCUT2D eigenvalue weighted by Crippen LogP contribution is 2.34. The first-order valence-corrected chi connectivity index (χ1v) is 6.78. The van der Waals surface area contributed by atoms with Crippen LogP contribution in [-0.2, 0) is 9.53 Å². The maximum absolute atomic E-state index is 11.6. The molecular weight excluding hydrogens is 300 g/mol. The Bertz CT molecular complexity index is 509. The number of nitrogens with zero attached hydrogens (tertiary/aromatic N) is 1. The lowest BCUT2D eigenvalue weighted by atomic mass is 10.2. The van der Waals surface area contributed by atoms with Crippen LogP contribution in [0.3, 0.4) is 0 Å². The zero-order valence-corrected chi connectivity index (χ0v) is 12.6. The van der Waals surface area contributed by atoms with E-state index in [4.69, 9.17) is 21.1 Å². The molecule has 0 fully saturated rings. The van der Waals surface area contributed by atoms with Crippen LogP contribution in [0, 0.1) is 10.1 Å². The van der Waals surface area contributed by atoms with Gasteiger partial charge in [-0.15, -0.1) is 0 Å². The molecule has 0 saturated carbocycles. The summed E-state index contributed by atoms with van der Waals surface area (Å²) in [6.45, 7) is 2.09. The Kier molecular flexibility index (Phi) is 6.90. The quantitative estimate of drug-likeness (QED) is 0.449. The molecule has 0 spiro atoms. The first kappa shape index (κ1) is 17.2. The lowest BCUT2D eigenvalue weighted by Gasteiger charge is -2.15. The molecule has 0 aliphatic heterocycles. The number of hydrogen-bond donors (Lipinski definition) is 1. The van der Waals surface area contributed by atoms with Gasteiger partial charge in [0.25, 0.3) is 0 Å². The van der Waals surface area contributed by atoms with Crippen molar-refractivity contribution in [2.24, 2.45) is 0 Å². The number of nitrogens with one attached hydrogen (secondary N) is 1. The van der Waals surface area contributed by atoms with Crippen molar-refractivity contribution >= 4 is 23.3 Å². The SMILES string of the molecule is CCOC(=O)C(CCOc1c(Cl)cccc1[N+](=O)[O-])NC. The molecule has 0 aromatic heterocycles. The van der Waals surface area contributed by atoms with E-state index in [9.17, 15) is 14.9 Å². The maximum atomic E-state index is 11.6. The molecule has 0 bridgehead atoms. The number of para-hydroxylation sites is 1. The molecule has 0 heterocycles. The minimum atomic E-state index is -0.567. The summed E-state index contributed by atoms with van der Waals surface area (Å²) >= 11 is 5.90. The summed E-state index contributed by atoms with van der Waals surface area (Å²) in [4.78, 5) is 21.9. The number of rotatable bonds is 8. The van der Waals surface area contributed by atoms with Crippen molar-refractivity contribution in [2.45, 2.75) is 19.4 Å². The molecular formula is C13H17ClN2O5. The summed E-state index contributed by atoms with van der Waals surface area (Å²) in [6.07, 6.45) is 0.303. The molecule has 1 N–H and O–H groups in total. The van der Waals surface area contributed by atoms with E-state index in [1.165, 1.54) is 18.2 Å². The fraction of sp³-hybridized carbons (Fsp3) is 0.462. The molecule has 0 saturated heterocycles. The minimum absolute atomic E-state index is 0.00267. The van der Waals surface area contributed by atoms with Crippen molar-refractivity contribution in [3.05, 3.63) is 33.3 Å². The number of halogens is 1. The predicted molar refractivity (Wildman–Crippen MR) is 77.7 cm³/mol. The molecule has 116 valence electrons. The van der Waals surface area contributed by atoms with Crippen molar-refractivity contribution in [2.75, 3.05) is 20.3 Å². The third-order valence-electron chi connectivity index (χ3n) is 2.72. The second-order valence-corrected chi connectivity index (χ2v) is 4.48. The lowest BCUT2D eigenvalue weighted by Crippen LogP contribution is -2.36. The van der Waals surface area contributed by atoms with Crippen molar-refractivity contribution in [1.82, 2.24) is 5.32 Å². The smallest absolute Gasteiger partial charge is 0.323 e. The van der Waals surface area contributed by atoms with E-state index >= 15 is 0 Å². The minimum Gasteiger partial charge on any atom is -0.486 e. The van der Waals surface area contributed by atoms with Gasteiger partial charge in [0.05, 0.1) is 23.2 Å². The van der Waals surface area contributed by atoms with Gasteiger partial charge in [-0.25, -0.2) is 0 Å². The molecule has 1 atom stereocenters. The molecule has 7 nitrogen and oxygen atoms in total. The normalized spacial score (nSPS) is 11.8. The Morgan fingerprint density at radius 1 is 1.52 bits per heavy atom. The summed E-state index contributed by atoms with van der Waals surface area (Å²) in [6, 6.07) is 3.75. The molecule has 1 aromatic carbocycles. The second-order valence-electron chi connectivity index (χ2n) is 4.08. The van der Waals surface area contributed by atoms with Gasteiger partial charge in [0.2, 0.25) is 5.75 Å². The average molecular weight is 317 g/mol. The zero-order valence-electron chi connectivity index (χ0n) is 11.8. The molecule has 0 radical (unpaired) electrons. The fourth-order valence-corrected chi connectivity index (χ4v) is 1.91. The lowest BCUT2D eigenvalue weighted by molar-refractivity contribution is -0.385. The van der Waals surface area contributed by atoms with Crippen LogP contribution >= 0.6 is 11.6 Å². The molecule has 0 aliphatic carbocycles. The number of likely N-dealkylation sites (N-methyl/N-ethyl adjacent to an activating group) is 1. The third-order valence-corrected chi connectivity index (χ3v) is 3.01. The van der Waals surface area contributed by atoms with E-state index in [2.05, 4.69) is 5.32 Å². The molecule has 1 aromatic rings. The summed E-state index contributed by atoms with van der Waals surface area (Å²) < 4.78 is 10.3. The van der Waals surface area contributed by atoms with Gasteiger partial charge in [-0.1, -0.05) is 17.7 Å². The molecule has 0 aliphatic rings. The Balaban J connectivity index is 2.67. The Morgan fingerprint density at radius 2 is 2.24 bits per heavy atom. The van der Waals surface area contributed by atoms with E-state index in [0.717, 1.165) is 0 Å². The highest BCUT2D eigenvalue weighted by molar-refractivity contribution is 6.32. The van der Waals surface area contributed by atoms with Crippen LogP contribution in [0.5, 0.6) is 5.75 Å². The van der Waals surface area contributed by atoms with Crippen molar-refractivity contribution in [3.63, 3.8) is 0 Å². The van der Waals surface area contributed by atoms with Gasteiger partial charge in [0, 0.05) is 12.5 Å². The number of ether oxygens (including phenoxy) is 2. The average Bonchev–Trinajstić information content (AvgIpc) is 2.44. The first-order chi connectivity index (χ1) is 10.0. The van der Waals surface area contributed by atoms with E-state index in [1.807, 2.05) is 0 Å². The predicted octanol–water partition coefficient (Wildman–Crippen LogP) is 2.17. The van der Waals surface area contributed by atoms with Crippen LogP contribution in [0.1, 0.15) is 13.3 Å². The largest absolute Gasteiger partial charge is 0.486 e. The number of nitro groups is 1. The number of carbonyl (C=O) groups excluding carboxylic acids is 1. The molecule has 21 heavy (non-hydrogen) atoms. The van der Waals surface area contributed by atoms with Crippen LogP contribution < -0.4 is 10.1 Å². The maximum Gasteiger partial charge on any atom is 0.323 e. The number of hydrogen-bond acceptors (Lipinski definition) is 6. The van der Waals surface area contributed by atoms with E-state index in [1.54, 1.807) is 14.0 Å².